The molecule has 10 heteroatoms. The fraction of sp³-hybridized carbons (Fsp3) is 0.250. The highest BCUT2D eigenvalue weighted by molar-refractivity contribution is 5.95. The monoisotopic (exact) mass is 522 g/mol. The van der Waals surface area contributed by atoms with Crippen LogP contribution in [0.5, 0.6) is 5.75 Å². The lowest BCUT2D eigenvalue weighted by molar-refractivity contribution is -0.274. The van der Waals surface area contributed by atoms with E-state index in [2.05, 4.69) is 15.0 Å². The number of pyridine rings is 1. The summed E-state index contributed by atoms with van der Waals surface area (Å²) in [6, 6.07) is 16.4. The number of aromatic nitrogens is 2. The SMILES string of the molecule is O=C(NCc1ccn2ccnc2c1)c1ccc(C2CCN(C(=O)c3ccc(OC(F)(F)F)cc3)CC2)cc1. The summed E-state index contributed by atoms with van der Waals surface area (Å²) in [5, 5.41) is 2.94. The summed E-state index contributed by atoms with van der Waals surface area (Å²) in [6.07, 6.45) is 2.22. The van der Waals surface area contributed by atoms with Gasteiger partial charge in [-0.15, -0.1) is 13.2 Å². The Labute approximate surface area is 216 Å². The molecule has 0 radical (unpaired) electrons. The Morgan fingerprint density at radius 1 is 0.947 bits per heavy atom. The molecule has 4 aromatic rings. The molecule has 1 aliphatic rings. The van der Waals surface area contributed by atoms with Crippen molar-refractivity contribution in [3.63, 3.8) is 0 Å². The maximum atomic E-state index is 12.8. The Balaban J connectivity index is 1.12. The first kappa shape index (κ1) is 25.3. The van der Waals surface area contributed by atoms with Crippen LogP contribution in [-0.2, 0) is 6.54 Å². The van der Waals surface area contributed by atoms with Crippen molar-refractivity contribution in [2.24, 2.45) is 0 Å². The minimum absolute atomic E-state index is 0.160. The molecular weight excluding hydrogens is 497 g/mol. The maximum absolute atomic E-state index is 12.8. The Morgan fingerprint density at radius 2 is 1.63 bits per heavy atom. The van der Waals surface area contributed by atoms with E-state index in [-0.39, 0.29) is 23.5 Å². The number of fused-ring (bicyclic) bond motifs is 1. The van der Waals surface area contributed by atoms with Crippen molar-refractivity contribution < 1.29 is 27.5 Å². The predicted molar refractivity (Wildman–Crippen MR) is 134 cm³/mol. The summed E-state index contributed by atoms with van der Waals surface area (Å²) in [5.41, 5.74) is 3.77. The summed E-state index contributed by atoms with van der Waals surface area (Å²) < 4.78 is 42.8. The highest BCUT2D eigenvalue weighted by atomic mass is 19.4. The van der Waals surface area contributed by atoms with E-state index in [4.69, 9.17) is 0 Å². The molecule has 2 aromatic carbocycles. The Morgan fingerprint density at radius 3 is 2.32 bits per heavy atom. The minimum atomic E-state index is -4.77. The molecule has 7 nitrogen and oxygen atoms in total. The fourth-order valence-electron chi connectivity index (χ4n) is 4.65. The number of nitrogens with one attached hydrogen (secondary N) is 1. The summed E-state index contributed by atoms with van der Waals surface area (Å²) in [4.78, 5) is 31.4. The fourth-order valence-corrected chi connectivity index (χ4v) is 4.65. The molecular formula is C28H25F3N4O3. The molecule has 0 unspecified atom stereocenters. The molecule has 38 heavy (non-hydrogen) atoms. The van der Waals surface area contributed by atoms with Crippen LogP contribution in [0.25, 0.3) is 5.65 Å². The molecule has 5 rings (SSSR count). The van der Waals surface area contributed by atoms with Crippen molar-refractivity contribution in [1.29, 1.82) is 0 Å². The molecule has 0 bridgehead atoms. The lowest BCUT2D eigenvalue weighted by Crippen LogP contribution is -2.37. The van der Waals surface area contributed by atoms with Crippen molar-refractivity contribution in [2.75, 3.05) is 13.1 Å². The number of halogens is 3. The van der Waals surface area contributed by atoms with Crippen LogP contribution in [-0.4, -0.2) is 45.6 Å². The highest BCUT2D eigenvalue weighted by Gasteiger charge is 2.31. The second-order valence-corrected chi connectivity index (χ2v) is 9.17. The highest BCUT2D eigenvalue weighted by Crippen LogP contribution is 2.29. The number of amides is 2. The van der Waals surface area contributed by atoms with Gasteiger partial charge < -0.3 is 19.4 Å². The third kappa shape index (κ3) is 5.96. The smallest absolute Gasteiger partial charge is 0.406 e. The summed E-state index contributed by atoms with van der Waals surface area (Å²) in [7, 11) is 0. The molecule has 0 atom stereocenters. The number of hydrogen-bond donors (Lipinski definition) is 1. The molecule has 3 heterocycles. The molecule has 1 fully saturated rings. The summed E-state index contributed by atoms with van der Waals surface area (Å²) in [6.45, 7) is 1.47. The van der Waals surface area contributed by atoms with Gasteiger partial charge in [0.05, 0.1) is 0 Å². The van der Waals surface area contributed by atoms with Gasteiger partial charge >= 0.3 is 6.36 Å². The van der Waals surface area contributed by atoms with Gasteiger partial charge in [0.2, 0.25) is 0 Å². The number of benzene rings is 2. The number of carbonyl (C=O) groups excluding carboxylic acids is 2. The van der Waals surface area contributed by atoms with Crippen LogP contribution in [0, 0.1) is 0 Å². The summed E-state index contributed by atoms with van der Waals surface area (Å²) >= 11 is 0. The number of imidazole rings is 1. The lowest BCUT2D eigenvalue weighted by Gasteiger charge is -2.32. The molecule has 1 N–H and O–H groups in total. The molecule has 196 valence electrons. The van der Waals surface area contributed by atoms with Gasteiger partial charge in [-0.05, 0) is 78.4 Å². The number of hydrogen-bond acceptors (Lipinski definition) is 4. The van der Waals surface area contributed by atoms with Crippen LogP contribution in [0.4, 0.5) is 13.2 Å². The van der Waals surface area contributed by atoms with Crippen LogP contribution in [0.2, 0.25) is 0 Å². The zero-order chi connectivity index (χ0) is 26.7. The quantitative estimate of drug-likeness (QED) is 0.379. The second kappa shape index (κ2) is 10.6. The first-order chi connectivity index (χ1) is 18.2. The Kier molecular flexibility index (Phi) is 7.04. The Bertz CT molecular complexity index is 1420. The van der Waals surface area contributed by atoms with Crippen LogP contribution >= 0.6 is 0 Å². The molecule has 0 aliphatic carbocycles. The van der Waals surface area contributed by atoms with E-state index in [1.807, 2.05) is 53.2 Å². The third-order valence-electron chi connectivity index (χ3n) is 6.68. The molecule has 2 amide bonds. The van der Waals surface area contributed by atoms with E-state index < -0.39 is 6.36 Å². The van der Waals surface area contributed by atoms with E-state index >= 15 is 0 Å². The van der Waals surface area contributed by atoms with Gasteiger partial charge in [0.1, 0.15) is 11.4 Å². The van der Waals surface area contributed by atoms with Crippen molar-refractivity contribution in [3.8, 4) is 5.75 Å². The second-order valence-electron chi connectivity index (χ2n) is 9.17. The van der Waals surface area contributed by atoms with E-state index in [1.165, 1.54) is 12.1 Å². The van der Waals surface area contributed by atoms with Gasteiger partial charge in [0.25, 0.3) is 11.8 Å². The largest absolute Gasteiger partial charge is 0.573 e. The first-order valence-corrected chi connectivity index (χ1v) is 12.2. The molecule has 0 spiro atoms. The first-order valence-electron chi connectivity index (χ1n) is 12.2. The van der Waals surface area contributed by atoms with Gasteiger partial charge in [0.15, 0.2) is 0 Å². The number of likely N-dealkylation sites (tertiary alicyclic amines) is 1. The standard InChI is InChI=1S/C28H25F3N4O3/c29-28(30,31)38-24-7-5-23(6-8-24)27(37)35-14-10-21(11-15-35)20-1-3-22(4-2-20)26(36)33-18-19-9-13-34-16-12-32-25(34)17-19/h1-9,12-13,16-17,21H,10-11,14-15,18H2,(H,33,36). The topological polar surface area (TPSA) is 75.9 Å². The van der Waals surface area contributed by atoms with Crippen LogP contribution in [0.3, 0.4) is 0 Å². The van der Waals surface area contributed by atoms with Crippen molar-refractivity contribution in [2.45, 2.75) is 31.7 Å². The van der Waals surface area contributed by atoms with Crippen molar-refractivity contribution in [3.05, 3.63) is 102 Å². The van der Waals surface area contributed by atoms with Gasteiger partial charge in [0, 0.05) is 49.4 Å². The van der Waals surface area contributed by atoms with Crippen LogP contribution in [0.15, 0.2) is 79.3 Å². The van der Waals surface area contributed by atoms with Gasteiger partial charge in [-0.25, -0.2) is 4.98 Å². The van der Waals surface area contributed by atoms with E-state index in [9.17, 15) is 22.8 Å². The normalized spacial score (nSPS) is 14.4. The Hall–Kier alpha value is -4.34. The number of rotatable bonds is 6. The van der Waals surface area contributed by atoms with Crippen molar-refractivity contribution >= 4 is 17.5 Å². The number of carbonyl (C=O) groups is 2. The van der Waals surface area contributed by atoms with E-state index in [0.717, 1.165) is 41.7 Å². The molecule has 0 saturated carbocycles. The minimum Gasteiger partial charge on any atom is -0.406 e. The third-order valence-corrected chi connectivity index (χ3v) is 6.68. The molecule has 2 aromatic heterocycles. The zero-order valence-electron chi connectivity index (χ0n) is 20.3. The number of nitrogens with zero attached hydrogens (tertiary/aromatic N) is 3. The van der Waals surface area contributed by atoms with Gasteiger partial charge in [-0.3, -0.25) is 9.59 Å². The van der Waals surface area contributed by atoms with E-state index in [1.54, 1.807) is 11.1 Å². The number of piperidine rings is 1. The van der Waals surface area contributed by atoms with Crippen molar-refractivity contribution in [1.82, 2.24) is 19.6 Å². The number of alkyl halides is 3. The lowest BCUT2D eigenvalue weighted by atomic mass is 9.88. The van der Waals surface area contributed by atoms with Crippen LogP contribution in [0.1, 0.15) is 50.6 Å². The van der Waals surface area contributed by atoms with Gasteiger partial charge in [-0.1, -0.05) is 12.1 Å². The average Bonchev–Trinajstić information content (AvgIpc) is 3.39. The van der Waals surface area contributed by atoms with E-state index in [0.29, 0.717) is 30.8 Å². The zero-order valence-corrected chi connectivity index (χ0v) is 20.3. The summed E-state index contributed by atoms with van der Waals surface area (Å²) in [5.74, 6) is -0.492. The van der Waals surface area contributed by atoms with Crippen LogP contribution < -0.4 is 10.1 Å². The molecule has 1 aliphatic heterocycles. The maximum Gasteiger partial charge on any atom is 0.573 e. The predicted octanol–water partition coefficient (Wildman–Crippen LogP) is 5.18. The average molecular weight is 523 g/mol. The molecule has 1 saturated heterocycles. The van der Waals surface area contributed by atoms with Gasteiger partial charge in [-0.2, -0.15) is 0 Å². The number of ether oxygens (including phenoxy) is 1.